The van der Waals surface area contributed by atoms with Gasteiger partial charge in [-0.3, -0.25) is 4.57 Å². The number of hydrogen-bond acceptors (Lipinski definition) is 4. The number of nitrogens with zero attached hydrogens (tertiary/aromatic N) is 4. The van der Waals surface area contributed by atoms with Crippen LogP contribution in [0.3, 0.4) is 0 Å². The quantitative estimate of drug-likeness (QED) is 0.702. The first-order valence-electron chi connectivity index (χ1n) is 8.04. The number of imidazole rings is 1. The van der Waals surface area contributed by atoms with Crippen LogP contribution in [0.1, 0.15) is 12.1 Å². The van der Waals surface area contributed by atoms with E-state index in [9.17, 15) is 8.78 Å². The van der Waals surface area contributed by atoms with Crippen molar-refractivity contribution in [2.24, 2.45) is 4.99 Å². The van der Waals surface area contributed by atoms with Crippen molar-refractivity contribution >= 4 is 22.9 Å². The molecule has 0 amide bonds. The highest BCUT2D eigenvalue weighted by Gasteiger charge is 2.25. The van der Waals surface area contributed by atoms with Crippen molar-refractivity contribution < 1.29 is 13.5 Å². The number of halogens is 2. The van der Waals surface area contributed by atoms with Gasteiger partial charge in [-0.2, -0.15) is 0 Å². The summed E-state index contributed by atoms with van der Waals surface area (Å²) in [7, 11) is 1.59. The first kappa shape index (κ1) is 16.3. The van der Waals surface area contributed by atoms with Crippen LogP contribution in [0.5, 0.6) is 5.75 Å². The molecule has 26 heavy (non-hydrogen) atoms. The minimum atomic E-state index is -0.571. The van der Waals surface area contributed by atoms with Gasteiger partial charge < -0.3 is 9.64 Å². The molecule has 7 heteroatoms. The summed E-state index contributed by atoms with van der Waals surface area (Å²) in [4.78, 5) is 10.5. The number of aryl methyl sites for hydroxylation is 1. The Hall–Kier alpha value is -3.22. The monoisotopic (exact) mass is 354 g/mol. The standard InChI is InChI=1S/C19H16F2N4O/c1-12-23-17-9-13(20)3-8-18(17)25(12)19-22-10-14(21)11-24(19)15-4-6-16(26-2)7-5-15/h3-11,19H,1-2H3. The first-order chi connectivity index (χ1) is 12.6. The summed E-state index contributed by atoms with van der Waals surface area (Å²) in [5, 5.41) is 0. The molecule has 132 valence electrons. The lowest BCUT2D eigenvalue weighted by Gasteiger charge is -2.31. The molecule has 4 rings (SSSR count). The summed E-state index contributed by atoms with van der Waals surface area (Å²) >= 11 is 0. The summed E-state index contributed by atoms with van der Waals surface area (Å²) < 4.78 is 34.5. The Morgan fingerprint density at radius 1 is 1.08 bits per heavy atom. The van der Waals surface area contributed by atoms with Gasteiger partial charge in [0, 0.05) is 18.0 Å². The van der Waals surface area contributed by atoms with E-state index in [2.05, 4.69) is 9.98 Å². The lowest BCUT2D eigenvalue weighted by molar-refractivity contribution is 0.414. The van der Waals surface area contributed by atoms with Crippen molar-refractivity contribution in [1.29, 1.82) is 0 Å². The number of allylic oxidation sites excluding steroid dienone is 1. The summed E-state index contributed by atoms with van der Waals surface area (Å²) in [5.41, 5.74) is 1.99. The van der Waals surface area contributed by atoms with E-state index in [1.165, 1.54) is 24.5 Å². The molecular formula is C19H16F2N4O. The van der Waals surface area contributed by atoms with Crippen molar-refractivity contribution in [3.63, 3.8) is 0 Å². The second-order valence-corrected chi connectivity index (χ2v) is 5.91. The summed E-state index contributed by atoms with van der Waals surface area (Å²) in [6.45, 7) is 1.81. The number of rotatable bonds is 3. The topological polar surface area (TPSA) is 42.6 Å². The highest BCUT2D eigenvalue weighted by molar-refractivity contribution is 5.80. The predicted octanol–water partition coefficient (Wildman–Crippen LogP) is 4.35. The molecule has 0 fully saturated rings. The van der Waals surface area contributed by atoms with Crippen LogP contribution in [0, 0.1) is 12.7 Å². The van der Waals surface area contributed by atoms with Crippen molar-refractivity contribution in [1.82, 2.24) is 9.55 Å². The minimum absolute atomic E-state index is 0.354. The van der Waals surface area contributed by atoms with Gasteiger partial charge in [-0.1, -0.05) is 0 Å². The van der Waals surface area contributed by atoms with Gasteiger partial charge in [-0.25, -0.2) is 18.8 Å². The maximum absolute atomic E-state index is 13.9. The van der Waals surface area contributed by atoms with E-state index < -0.39 is 12.1 Å². The molecule has 5 nitrogen and oxygen atoms in total. The van der Waals surface area contributed by atoms with Crippen LogP contribution in [-0.2, 0) is 0 Å². The van der Waals surface area contributed by atoms with Gasteiger partial charge in [0.1, 0.15) is 17.4 Å². The summed E-state index contributed by atoms with van der Waals surface area (Å²) in [6.07, 6.45) is 1.99. The number of hydrogen-bond donors (Lipinski definition) is 0. The Kier molecular flexibility index (Phi) is 3.91. The Morgan fingerprint density at radius 2 is 1.85 bits per heavy atom. The molecule has 0 radical (unpaired) electrons. The maximum atomic E-state index is 13.9. The van der Waals surface area contributed by atoms with Gasteiger partial charge in [0.2, 0.25) is 6.29 Å². The van der Waals surface area contributed by atoms with E-state index in [4.69, 9.17) is 4.74 Å². The zero-order valence-electron chi connectivity index (χ0n) is 14.2. The van der Waals surface area contributed by atoms with Crippen LogP contribution in [0.2, 0.25) is 0 Å². The van der Waals surface area contributed by atoms with E-state index in [0.717, 1.165) is 11.2 Å². The normalized spacial score (nSPS) is 16.8. The van der Waals surface area contributed by atoms with E-state index in [1.807, 2.05) is 23.6 Å². The van der Waals surface area contributed by atoms with Crippen LogP contribution >= 0.6 is 0 Å². The molecule has 3 aromatic rings. The maximum Gasteiger partial charge on any atom is 0.208 e. The molecule has 1 unspecified atom stereocenters. The summed E-state index contributed by atoms with van der Waals surface area (Å²) in [5.74, 6) is 0.550. The molecule has 0 spiro atoms. The molecule has 2 aromatic carbocycles. The summed E-state index contributed by atoms with van der Waals surface area (Å²) in [6, 6.07) is 11.6. The van der Waals surface area contributed by atoms with Crippen molar-refractivity contribution in [3.8, 4) is 5.75 Å². The lowest BCUT2D eigenvalue weighted by Crippen LogP contribution is -2.30. The molecule has 2 heterocycles. The SMILES string of the molecule is COc1ccc(N2C=C(F)C=NC2n2c(C)nc3cc(F)ccc32)cc1. The molecular weight excluding hydrogens is 338 g/mol. The highest BCUT2D eigenvalue weighted by Crippen LogP contribution is 2.32. The van der Waals surface area contributed by atoms with Crippen LogP contribution in [0.4, 0.5) is 14.5 Å². The molecule has 0 saturated heterocycles. The van der Waals surface area contributed by atoms with Gasteiger partial charge in [0.25, 0.3) is 0 Å². The number of anilines is 1. The zero-order valence-corrected chi connectivity index (χ0v) is 14.2. The minimum Gasteiger partial charge on any atom is -0.497 e. The van der Waals surface area contributed by atoms with Crippen LogP contribution in [0.25, 0.3) is 11.0 Å². The van der Waals surface area contributed by atoms with E-state index in [1.54, 1.807) is 30.2 Å². The lowest BCUT2D eigenvalue weighted by atomic mass is 10.2. The van der Waals surface area contributed by atoms with Gasteiger partial charge in [0.15, 0.2) is 5.83 Å². The number of fused-ring (bicyclic) bond motifs is 1. The number of benzene rings is 2. The average Bonchev–Trinajstić information content (AvgIpc) is 2.96. The van der Waals surface area contributed by atoms with E-state index in [0.29, 0.717) is 17.1 Å². The van der Waals surface area contributed by atoms with Crippen molar-refractivity contribution in [2.75, 3.05) is 12.0 Å². The van der Waals surface area contributed by atoms with Gasteiger partial charge in [0.05, 0.1) is 24.4 Å². The van der Waals surface area contributed by atoms with Crippen molar-refractivity contribution in [2.45, 2.75) is 13.2 Å². The first-order valence-corrected chi connectivity index (χ1v) is 8.04. The number of aliphatic imine (C=N–C) groups is 1. The van der Waals surface area contributed by atoms with E-state index >= 15 is 0 Å². The molecule has 0 N–H and O–H groups in total. The fourth-order valence-electron chi connectivity index (χ4n) is 3.08. The molecule has 0 saturated carbocycles. The largest absolute Gasteiger partial charge is 0.497 e. The molecule has 1 aliphatic heterocycles. The number of aromatic nitrogens is 2. The van der Waals surface area contributed by atoms with Crippen LogP contribution in [0.15, 0.2) is 59.5 Å². The number of methoxy groups -OCH3 is 1. The fraction of sp³-hybridized carbons (Fsp3) is 0.158. The zero-order chi connectivity index (χ0) is 18.3. The third kappa shape index (κ3) is 2.71. The smallest absolute Gasteiger partial charge is 0.208 e. The van der Waals surface area contributed by atoms with Gasteiger partial charge in [-0.05, 0) is 43.3 Å². The third-order valence-corrected chi connectivity index (χ3v) is 4.27. The Labute approximate surface area is 148 Å². The molecule has 0 aliphatic carbocycles. The molecule has 0 bridgehead atoms. The second-order valence-electron chi connectivity index (χ2n) is 5.91. The highest BCUT2D eigenvalue weighted by atomic mass is 19.1. The van der Waals surface area contributed by atoms with Crippen molar-refractivity contribution in [3.05, 3.63) is 66.1 Å². The van der Waals surface area contributed by atoms with Gasteiger partial charge >= 0.3 is 0 Å². The van der Waals surface area contributed by atoms with E-state index in [-0.39, 0.29) is 5.82 Å². The molecule has 1 atom stereocenters. The molecule has 1 aromatic heterocycles. The Bertz CT molecular complexity index is 1020. The van der Waals surface area contributed by atoms with Gasteiger partial charge in [-0.15, -0.1) is 0 Å². The van der Waals surface area contributed by atoms with Crippen LogP contribution in [-0.4, -0.2) is 22.9 Å². The van der Waals surface area contributed by atoms with Crippen LogP contribution < -0.4 is 9.64 Å². The average molecular weight is 354 g/mol. The molecule has 1 aliphatic rings. The predicted molar refractivity (Wildman–Crippen MR) is 96.6 cm³/mol. The Balaban J connectivity index is 1.83. The fourth-order valence-corrected chi connectivity index (χ4v) is 3.08. The third-order valence-electron chi connectivity index (χ3n) is 4.27. The Morgan fingerprint density at radius 3 is 2.58 bits per heavy atom. The second kappa shape index (κ2) is 6.25. The number of ether oxygens (including phenoxy) is 1.